The van der Waals surface area contributed by atoms with E-state index in [0.29, 0.717) is 5.69 Å². The van der Waals surface area contributed by atoms with Crippen molar-refractivity contribution in [2.75, 3.05) is 4.90 Å². The molecule has 1 fully saturated rings. The van der Waals surface area contributed by atoms with Crippen LogP contribution in [-0.2, 0) is 4.79 Å². The first-order chi connectivity index (χ1) is 18.3. The van der Waals surface area contributed by atoms with Crippen LogP contribution in [-0.4, -0.2) is 32.6 Å². The van der Waals surface area contributed by atoms with Crippen molar-refractivity contribution in [3.05, 3.63) is 109 Å². The Kier molecular flexibility index (Phi) is 5.56. The van der Waals surface area contributed by atoms with Crippen LogP contribution in [0.5, 0.6) is 0 Å². The molecule has 0 saturated carbocycles. The number of hydrogen-bond donors (Lipinski definition) is 1. The second-order valence-electron chi connectivity index (χ2n) is 9.85. The van der Waals surface area contributed by atoms with Gasteiger partial charge in [0.2, 0.25) is 11.7 Å². The molecule has 0 radical (unpaired) electrons. The van der Waals surface area contributed by atoms with Crippen molar-refractivity contribution in [2.45, 2.75) is 25.9 Å². The summed E-state index contributed by atoms with van der Waals surface area (Å²) in [6.07, 6.45) is 4.26. The summed E-state index contributed by atoms with van der Waals surface area (Å²) < 4.78 is 20.4. The zero-order valence-corrected chi connectivity index (χ0v) is 20.7. The lowest BCUT2D eigenvalue weighted by Gasteiger charge is -2.30. The lowest BCUT2D eigenvalue weighted by molar-refractivity contribution is -0.124. The number of nitrogens with one attached hydrogen (secondary N) is 1. The van der Waals surface area contributed by atoms with Gasteiger partial charge in [-0.25, -0.2) is 14.1 Å². The molecule has 9 heteroatoms. The first kappa shape index (κ1) is 23.6. The van der Waals surface area contributed by atoms with E-state index in [1.54, 1.807) is 27.9 Å². The highest BCUT2D eigenvalue weighted by atomic mass is 19.1. The maximum absolute atomic E-state index is 14.0. The van der Waals surface area contributed by atoms with Gasteiger partial charge in [0.15, 0.2) is 6.39 Å². The van der Waals surface area contributed by atoms with Gasteiger partial charge in [0.1, 0.15) is 5.82 Å². The van der Waals surface area contributed by atoms with Crippen LogP contribution in [0.4, 0.5) is 10.1 Å². The van der Waals surface area contributed by atoms with Gasteiger partial charge in [0.25, 0.3) is 5.91 Å². The van der Waals surface area contributed by atoms with Gasteiger partial charge in [-0.1, -0.05) is 30.3 Å². The molecule has 38 heavy (non-hydrogen) atoms. The number of carbonyl (C=O) groups excluding carboxylic acids is 2. The third kappa shape index (κ3) is 3.83. The Balaban J connectivity index is 1.43. The van der Waals surface area contributed by atoms with Crippen LogP contribution in [0.25, 0.3) is 16.6 Å². The van der Waals surface area contributed by atoms with Gasteiger partial charge in [-0.3, -0.25) is 9.59 Å². The van der Waals surface area contributed by atoms with Crippen molar-refractivity contribution < 1.29 is 18.4 Å². The zero-order valence-electron chi connectivity index (χ0n) is 20.7. The highest BCUT2D eigenvalue weighted by Gasteiger charge is 2.55. The number of benzene rings is 3. The van der Waals surface area contributed by atoms with E-state index in [0.717, 1.165) is 22.2 Å². The topological polar surface area (TPSA) is 93.3 Å². The molecule has 8 nitrogen and oxygen atoms in total. The summed E-state index contributed by atoms with van der Waals surface area (Å²) >= 11 is 0. The molecule has 2 aromatic heterocycles. The van der Waals surface area contributed by atoms with E-state index in [1.165, 1.54) is 24.7 Å². The summed E-state index contributed by atoms with van der Waals surface area (Å²) in [5.74, 6) is -0.806. The third-order valence-corrected chi connectivity index (χ3v) is 7.13. The molecule has 5 aromatic rings. The quantitative estimate of drug-likeness (QED) is 0.357. The third-order valence-electron chi connectivity index (χ3n) is 7.13. The van der Waals surface area contributed by atoms with E-state index < -0.39 is 23.4 Å². The lowest BCUT2D eigenvalue weighted by atomic mass is 9.82. The van der Waals surface area contributed by atoms with Crippen LogP contribution in [0.15, 0.2) is 96.0 Å². The lowest BCUT2D eigenvalue weighted by Crippen LogP contribution is -2.46. The predicted octanol–water partition coefficient (Wildman–Crippen LogP) is 5.07. The molecule has 2 atom stereocenters. The number of nitrogens with zero attached hydrogens (tertiary/aromatic N) is 4. The van der Waals surface area contributed by atoms with Crippen molar-refractivity contribution in [1.82, 2.24) is 20.1 Å². The molecule has 3 heterocycles. The molecule has 6 rings (SSSR count). The van der Waals surface area contributed by atoms with Crippen LogP contribution in [0, 0.1) is 11.2 Å². The number of hydrogen-bond acceptors (Lipinski definition) is 5. The molecule has 2 amide bonds. The molecule has 1 aliphatic rings. The van der Waals surface area contributed by atoms with E-state index in [-0.39, 0.29) is 17.5 Å². The first-order valence-corrected chi connectivity index (χ1v) is 12.2. The Bertz CT molecular complexity index is 1630. The fourth-order valence-electron chi connectivity index (χ4n) is 5.14. The van der Waals surface area contributed by atoms with Crippen LogP contribution in [0.2, 0.25) is 0 Å². The molecular formula is C29H24FN5O3. The second-order valence-corrected chi connectivity index (χ2v) is 9.85. The Hall–Kier alpha value is -4.79. The smallest absolute Gasteiger partial charge is 0.289 e. The van der Waals surface area contributed by atoms with Gasteiger partial charge in [-0.2, -0.15) is 5.10 Å². The number of anilines is 1. The largest absolute Gasteiger partial charge is 0.438 e. The Morgan fingerprint density at radius 3 is 2.45 bits per heavy atom. The number of halogens is 1. The Morgan fingerprint density at radius 1 is 1.00 bits per heavy atom. The molecule has 0 spiro atoms. The number of rotatable bonds is 5. The molecule has 190 valence electrons. The monoisotopic (exact) mass is 509 g/mol. The minimum absolute atomic E-state index is 0.0770. The summed E-state index contributed by atoms with van der Waals surface area (Å²) in [5.41, 5.74) is 2.18. The summed E-state index contributed by atoms with van der Waals surface area (Å²) in [6, 6.07) is 20.4. The standard InChI is InChI=1S/C29H24FN5O3/c1-29(2)26(33-27(36)24-16-31-17-38-24)25(18-6-4-3-5-7-18)34(28(29)37)22-12-13-23-19(14-22)15-32-35(23)21-10-8-20(30)9-11-21/h3-17,25-26H,1-2H3,(H,33,36)/t25-,26-/m1/s1. The van der Waals surface area contributed by atoms with Gasteiger partial charge in [0.05, 0.1) is 41.1 Å². The Labute approximate surface area is 217 Å². The minimum Gasteiger partial charge on any atom is -0.438 e. The molecule has 1 N–H and O–H groups in total. The van der Waals surface area contributed by atoms with E-state index in [2.05, 4.69) is 15.4 Å². The van der Waals surface area contributed by atoms with Crippen LogP contribution in [0.1, 0.15) is 36.0 Å². The Morgan fingerprint density at radius 2 is 1.74 bits per heavy atom. The average Bonchev–Trinajstić information content (AvgIpc) is 3.65. The molecule has 3 aromatic carbocycles. The number of fused-ring (bicyclic) bond motifs is 1. The number of oxazole rings is 1. The fourth-order valence-corrected chi connectivity index (χ4v) is 5.14. The number of aromatic nitrogens is 3. The second kappa shape index (κ2) is 8.95. The number of carbonyl (C=O) groups is 2. The first-order valence-electron chi connectivity index (χ1n) is 12.2. The van der Waals surface area contributed by atoms with Crippen LogP contribution < -0.4 is 10.2 Å². The van der Waals surface area contributed by atoms with Crippen molar-refractivity contribution in [1.29, 1.82) is 0 Å². The summed E-state index contributed by atoms with van der Waals surface area (Å²) in [7, 11) is 0. The molecule has 0 unspecified atom stereocenters. The summed E-state index contributed by atoms with van der Waals surface area (Å²) in [5, 5.41) is 8.34. The molecular weight excluding hydrogens is 485 g/mol. The van der Waals surface area contributed by atoms with Gasteiger partial charge in [0, 0.05) is 11.1 Å². The summed E-state index contributed by atoms with van der Waals surface area (Å²) in [4.78, 5) is 32.5. The number of amides is 2. The van der Waals surface area contributed by atoms with Crippen molar-refractivity contribution in [3.8, 4) is 5.69 Å². The van der Waals surface area contributed by atoms with Crippen molar-refractivity contribution in [3.63, 3.8) is 0 Å². The SMILES string of the molecule is CC1(C)C(=O)N(c2ccc3c(cnn3-c3ccc(F)cc3)c2)[C@H](c2ccccc2)[C@H]1NC(=O)c1cnco1. The zero-order chi connectivity index (χ0) is 26.4. The van der Waals surface area contributed by atoms with Gasteiger partial charge >= 0.3 is 0 Å². The maximum Gasteiger partial charge on any atom is 0.289 e. The fraction of sp³-hybridized carbons (Fsp3) is 0.172. The van der Waals surface area contributed by atoms with Crippen molar-refractivity contribution >= 4 is 28.4 Å². The van der Waals surface area contributed by atoms with Gasteiger partial charge in [-0.05, 0) is 61.9 Å². The normalized spacial score (nSPS) is 18.7. The average molecular weight is 510 g/mol. The minimum atomic E-state index is -0.927. The highest BCUT2D eigenvalue weighted by Crippen LogP contribution is 2.47. The van der Waals surface area contributed by atoms with E-state index in [9.17, 15) is 14.0 Å². The molecule has 0 bridgehead atoms. The highest BCUT2D eigenvalue weighted by molar-refractivity contribution is 6.04. The molecule has 1 aliphatic heterocycles. The van der Waals surface area contributed by atoms with Crippen molar-refractivity contribution in [2.24, 2.45) is 5.41 Å². The van der Waals surface area contributed by atoms with Crippen LogP contribution in [0.3, 0.4) is 0 Å². The van der Waals surface area contributed by atoms with Gasteiger partial charge < -0.3 is 14.6 Å². The van der Waals surface area contributed by atoms with E-state index in [4.69, 9.17) is 4.42 Å². The summed E-state index contributed by atoms with van der Waals surface area (Å²) in [6.45, 7) is 3.67. The predicted molar refractivity (Wildman–Crippen MR) is 139 cm³/mol. The van der Waals surface area contributed by atoms with Crippen LogP contribution >= 0.6 is 0 Å². The van der Waals surface area contributed by atoms with Gasteiger partial charge in [-0.15, -0.1) is 0 Å². The maximum atomic E-state index is 14.0. The molecule has 0 aliphatic carbocycles. The van der Waals surface area contributed by atoms with E-state index >= 15 is 0 Å². The molecule has 1 saturated heterocycles. The van der Waals surface area contributed by atoms with E-state index in [1.807, 2.05) is 62.4 Å².